The summed E-state index contributed by atoms with van der Waals surface area (Å²) in [6.07, 6.45) is -2.23. The van der Waals surface area contributed by atoms with E-state index >= 15 is 0 Å². The lowest BCUT2D eigenvalue weighted by Gasteiger charge is -2.02. The monoisotopic (exact) mass is 258 g/mol. The molecule has 18 heavy (non-hydrogen) atoms. The highest BCUT2D eigenvalue weighted by atomic mass is 19.4. The molecular formula is C9H5F3N4O2. The van der Waals surface area contributed by atoms with Crippen LogP contribution in [0.1, 0.15) is 16.1 Å². The predicted molar refractivity (Wildman–Crippen MR) is 51.1 cm³/mol. The number of rotatable bonds is 2. The molecule has 0 aromatic carbocycles. The Bertz CT molecular complexity index is 593. The van der Waals surface area contributed by atoms with Gasteiger partial charge in [-0.2, -0.15) is 18.3 Å². The molecule has 9 heteroatoms. The van der Waals surface area contributed by atoms with Crippen LogP contribution in [0.4, 0.5) is 13.2 Å². The molecule has 0 radical (unpaired) electrons. The fourth-order valence-corrected chi connectivity index (χ4v) is 1.18. The number of aromatic nitrogens is 4. The van der Waals surface area contributed by atoms with Crippen LogP contribution in [0.3, 0.4) is 0 Å². The number of nitrogens with zero attached hydrogens (tertiary/aromatic N) is 4. The van der Waals surface area contributed by atoms with E-state index in [1.54, 1.807) is 0 Å². The molecule has 0 aliphatic rings. The van der Waals surface area contributed by atoms with Gasteiger partial charge in [-0.15, -0.1) is 0 Å². The molecule has 2 aromatic heterocycles. The molecular weight excluding hydrogens is 253 g/mol. The summed E-state index contributed by atoms with van der Waals surface area (Å²) in [6.45, 7) is 0. The molecule has 2 rings (SSSR count). The number of hydrogen-bond acceptors (Lipinski definition) is 4. The van der Waals surface area contributed by atoms with Gasteiger partial charge in [0.2, 0.25) is 0 Å². The van der Waals surface area contributed by atoms with Gasteiger partial charge in [-0.1, -0.05) is 0 Å². The van der Waals surface area contributed by atoms with Crippen LogP contribution in [0.5, 0.6) is 0 Å². The Morgan fingerprint density at radius 2 is 2.06 bits per heavy atom. The van der Waals surface area contributed by atoms with Gasteiger partial charge in [0.1, 0.15) is 6.33 Å². The topological polar surface area (TPSA) is 80.9 Å². The molecule has 2 heterocycles. The van der Waals surface area contributed by atoms with Gasteiger partial charge in [0.15, 0.2) is 11.5 Å². The molecule has 94 valence electrons. The standard InChI is InChI=1S/C9H5F3N4O2/c10-9(11,12)5-2-15-16(3-5)7-1-6(8(17)18)13-4-14-7/h1-4H,(H,17,18). The molecule has 0 saturated heterocycles. The molecule has 0 bridgehead atoms. The van der Waals surface area contributed by atoms with Crippen molar-refractivity contribution in [2.75, 3.05) is 0 Å². The first-order valence-corrected chi connectivity index (χ1v) is 4.55. The third-order valence-corrected chi connectivity index (χ3v) is 2.02. The van der Waals surface area contributed by atoms with Crippen LogP contribution in [-0.4, -0.2) is 30.8 Å². The number of alkyl halides is 3. The third-order valence-electron chi connectivity index (χ3n) is 2.02. The lowest BCUT2D eigenvalue weighted by molar-refractivity contribution is -0.137. The van der Waals surface area contributed by atoms with E-state index in [-0.39, 0.29) is 11.5 Å². The van der Waals surface area contributed by atoms with Crippen LogP contribution in [0.25, 0.3) is 5.82 Å². The van der Waals surface area contributed by atoms with Gasteiger partial charge in [-0.05, 0) is 0 Å². The first-order valence-electron chi connectivity index (χ1n) is 4.55. The van der Waals surface area contributed by atoms with Crippen molar-refractivity contribution in [1.82, 2.24) is 19.7 Å². The van der Waals surface area contributed by atoms with Gasteiger partial charge >= 0.3 is 12.1 Å². The smallest absolute Gasteiger partial charge is 0.419 e. The summed E-state index contributed by atoms with van der Waals surface area (Å²) >= 11 is 0. The van der Waals surface area contributed by atoms with E-state index in [0.717, 1.165) is 17.1 Å². The first kappa shape index (κ1) is 12.0. The average Bonchev–Trinajstić information content (AvgIpc) is 2.78. The zero-order chi connectivity index (χ0) is 13.3. The maximum Gasteiger partial charge on any atom is 0.419 e. The van der Waals surface area contributed by atoms with Crippen molar-refractivity contribution < 1.29 is 23.1 Å². The third kappa shape index (κ3) is 2.29. The molecule has 0 aliphatic heterocycles. The molecule has 1 N–H and O–H groups in total. The molecule has 0 aliphatic carbocycles. The average molecular weight is 258 g/mol. The van der Waals surface area contributed by atoms with E-state index in [4.69, 9.17) is 5.11 Å². The summed E-state index contributed by atoms with van der Waals surface area (Å²) in [5.41, 5.74) is -1.28. The van der Waals surface area contributed by atoms with Gasteiger partial charge in [-0.3, -0.25) is 0 Å². The van der Waals surface area contributed by atoms with Crippen LogP contribution >= 0.6 is 0 Å². The SMILES string of the molecule is O=C(O)c1cc(-n2cc(C(F)(F)F)cn2)ncn1. The highest BCUT2D eigenvalue weighted by Crippen LogP contribution is 2.28. The van der Waals surface area contributed by atoms with Crippen molar-refractivity contribution in [1.29, 1.82) is 0 Å². The summed E-state index contributed by atoms with van der Waals surface area (Å²) in [4.78, 5) is 17.7. The lowest BCUT2D eigenvalue weighted by Crippen LogP contribution is -2.06. The largest absolute Gasteiger partial charge is 0.477 e. The number of aromatic carboxylic acids is 1. The van der Waals surface area contributed by atoms with E-state index in [0.29, 0.717) is 12.4 Å². The molecule has 0 spiro atoms. The Balaban J connectivity index is 2.40. The Morgan fingerprint density at radius 3 is 2.61 bits per heavy atom. The van der Waals surface area contributed by atoms with Crippen molar-refractivity contribution in [2.24, 2.45) is 0 Å². The fourth-order valence-electron chi connectivity index (χ4n) is 1.18. The Kier molecular flexibility index (Phi) is 2.73. The zero-order valence-electron chi connectivity index (χ0n) is 8.59. The Morgan fingerprint density at radius 1 is 1.33 bits per heavy atom. The van der Waals surface area contributed by atoms with E-state index in [9.17, 15) is 18.0 Å². The van der Waals surface area contributed by atoms with E-state index in [2.05, 4.69) is 15.1 Å². The molecule has 6 nitrogen and oxygen atoms in total. The molecule has 0 unspecified atom stereocenters. The van der Waals surface area contributed by atoms with Crippen molar-refractivity contribution >= 4 is 5.97 Å². The quantitative estimate of drug-likeness (QED) is 0.880. The fraction of sp³-hybridized carbons (Fsp3) is 0.111. The van der Waals surface area contributed by atoms with Gasteiger partial charge in [0, 0.05) is 12.3 Å². The van der Waals surface area contributed by atoms with Crippen LogP contribution in [0, 0.1) is 0 Å². The normalized spacial score (nSPS) is 11.5. The minimum absolute atomic E-state index is 0.0575. The maximum atomic E-state index is 12.3. The Hall–Kier alpha value is -2.45. The van der Waals surface area contributed by atoms with E-state index in [1.807, 2.05) is 0 Å². The number of halogens is 3. The second kappa shape index (κ2) is 4.09. The molecule has 0 atom stereocenters. The lowest BCUT2D eigenvalue weighted by atomic mass is 10.3. The second-order valence-electron chi connectivity index (χ2n) is 3.24. The van der Waals surface area contributed by atoms with Crippen molar-refractivity contribution in [3.8, 4) is 5.82 Å². The minimum atomic E-state index is -4.51. The predicted octanol–water partition coefficient (Wildman–Crippen LogP) is 1.38. The summed E-state index contributed by atoms with van der Waals surface area (Å²) in [6, 6.07) is 1.02. The van der Waals surface area contributed by atoms with Crippen LogP contribution in [0.2, 0.25) is 0 Å². The molecule has 0 saturated carbocycles. The number of carboxylic acid groups (broad SMARTS) is 1. The number of carboxylic acids is 1. The number of carbonyl (C=O) groups is 1. The summed E-state index contributed by atoms with van der Waals surface area (Å²) in [5, 5.41) is 12.2. The van der Waals surface area contributed by atoms with Gasteiger partial charge < -0.3 is 5.11 Å². The van der Waals surface area contributed by atoms with Crippen molar-refractivity contribution in [3.63, 3.8) is 0 Å². The van der Waals surface area contributed by atoms with Crippen LogP contribution in [-0.2, 0) is 6.18 Å². The minimum Gasteiger partial charge on any atom is -0.477 e. The summed E-state index contributed by atoms with van der Waals surface area (Å²) < 4.78 is 37.9. The Labute approximate surface area is 97.7 Å². The molecule has 0 amide bonds. The van der Waals surface area contributed by atoms with Crippen molar-refractivity contribution in [2.45, 2.75) is 6.18 Å². The first-order chi connectivity index (χ1) is 8.38. The second-order valence-corrected chi connectivity index (χ2v) is 3.24. The van der Waals surface area contributed by atoms with Gasteiger partial charge in [0.05, 0.1) is 11.8 Å². The van der Waals surface area contributed by atoms with Gasteiger partial charge in [0.25, 0.3) is 0 Å². The zero-order valence-corrected chi connectivity index (χ0v) is 8.59. The maximum absolute atomic E-state index is 12.3. The van der Waals surface area contributed by atoms with Crippen LogP contribution < -0.4 is 0 Å². The van der Waals surface area contributed by atoms with Crippen LogP contribution in [0.15, 0.2) is 24.8 Å². The highest BCUT2D eigenvalue weighted by molar-refractivity contribution is 5.85. The van der Waals surface area contributed by atoms with E-state index in [1.165, 1.54) is 0 Å². The highest BCUT2D eigenvalue weighted by Gasteiger charge is 2.32. The summed E-state index contributed by atoms with van der Waals surface area (Å²) in [7, 11) is 0. The molecule has 0 fully saturated rings. The molecule has 2 aromatic rings. The van der Waals surface area contributed by atoms with Gasteiger partial charge in [-0.25, -0.2) is 19.4 Å². The van der Waals surface area contributed by atoms with Crippen molar-refractivity contribution in [3.05, 3.63) is 36.0 Å². The summed E-state index contributed by atoms with van der Waals surface area (Å²) in [5.74, 6) is -1.36. The van der Waals surface area contributed by atoms with E-state index < -0.39 is 17.7 Å². The number of hydrogen-bond donors (Lipinski definition) is 1.